The molecule has 2 aliphatic carbocycles. The number of esters is 3. The van der Waals surface area contributed by atoms with Crippen LogP contribution in [0.2, 0.25) is 0 Å². The normalized spacial score (nSPS) is 33.4. The molecule has 1 heterocycles. The van der Waals surface area contributed by atoms with Gasteiger partial charge in [-0.05, 0) is 30.9 Å². The molecular weight excluding hydrogens is 340 g/mol. The summed E-state index contributed by atoms with van der Waals surface area (Å²) in [6, 6.07) is 0. The van der Waals surface area contributed by atoms with Gasteiger partial charge in [-0.2, -0.15) is 0 Å². The molecule has 1 N–H and O–H groups in total. The lowest BCUT2D eigenvalue weighted by Crippen LogP contribution is -2.52. The number of hydrogen-bond donors (Lipinski definition) is 1. The van der Waals surface area contributed by atoms with Gasteiger partial charge in [0, 0.05) is 31.6 Å². The van der Waals surface area contributed by atoms with Crippen LogP contribution in [0, 0.1) is 11.3 Å². The monoisotopic (exact) mass is 364 g/mol. The van der Waals surface area contributed by atoms with Crippen LogP contribution >= 0.6 is 0 Å². The predicted molar refractivity (Wildman–Crippen MR) is 89.5 cm³/mol. The molecule has 1 aliphatic heterocycles. The van der Waals surface area contributed by atoms with Gasteiger partial charge in [-0.3, -0.25) is 9.59 Å². The van der Waals surface area contributed by atoms with Gasteiger partial charge < -0.3 is 19.3 Å². The molecule has 4 atom stereocenters. The first-order chi connectivity index (χ1) is 12.1. The third-order valence-electron chi connectivity index (χ3n) is 5.89. The van der Waals surface area contributed by atoms with Gasteiger partial charge in [0.2, 0.25) is 0 Å². The molecule has 0 radical (unpaired) electrons. The van der Waals surface area contributed by atoms with Crippen LogP contribution in [-0.4, -0.2) is 41.8 Å². The van der Waals surface area contributed by atoms with Gasteiger partial charge in [0.1, 0.15) is 18.5 Å². The van der Waals surface area contributed by atoms with E-state index in [4.69, 9.17) is 14.2 Å². The molecule has 1 fully saturated rings. The van der Waals surface area contributed by atoms with Crippen LogP contribution in [0.4, 0.5) is 0 Å². The molecule has 26 heavy (non-hydrogen) atoms. The molecule has 0 aromatic carbocycles. The third-order valence-corrected chi connectivity index (χ3v) is 5.89. The van der Waals surface area contributed by atoms with Gasteiger partial charge in [0.15, 0.2) is 0 Å². The van der Waals surface area contributed by atoms with E-state index in [2.05, 4.69) is 0 Å². The molecule has 0 bridgehead atoms. The summed E-state index contributed by atoms with van der Waals surface area (Å²) in [7, 11) is 0. The summed E-state index contributed by atoms with van der Waals surface area (Å²) in [5.74, 6) is -1.24. The van der Waals surface area contributed by atoms with Crippen LogP contribution in [0.15, 0.2) is 22.5 Å². The molecule has 0 aromatic heterocycles. The minimum atomic E-state index is -0.705. The van der Waals surface area contributed by atoms with Gasteiger partial charge in [-0.25, -0.2) is 4.79 Å². The Bertz CT molecular complexity index is 732. The first-order valence-corrected chi connectivity index (χ1v) is 8.77. The molecule has 7 nitrogen and oxygen atoms in total. The number of fused-ring (bicyclic) bond motifs is 3. The summed E-state index contributed by atoms with van der Waals surface area (Å²) in [5, 5.41) is 10.7. The zero-order valence-electron chi connectivity index (χ0n) is 15.5. The fourth-order valence-corrected chi connectivity index (χ4v) is 4.49. The summed E-state index contributed by atoms with van der Waals surface area (Å²) in [5.41, 5.74) is 1.53. The second kappa shape index (κ2) is 6.54. The van der Waals surface area contributed by atoms with E-state index in [9.17, 15) is 19.5 Å². The number of carbonyl (C=O) groups is 3. The lowest BCUT2D eigenvalue weighted by Gasteiger charge is -2.51. The van der Waals surface area contributed by atoms with Crippen LogP contribution in [0.1, 0.15) is 47.0 Å². The SMILES string of the molecule is CC(=O)OCC1=C2CC[C@@]3(C)[C@H](O)CC(OC(C)=O)=C(C)[C@@H]3[C@H]2OC1=O. The smallest absolute Gasteiger partial charge is 0.338 e. The largest absolute Gasteiger partial charge is 0.461 e. The molecule has 3 rings (SSSR count). The van der Waals surface area contributed by atoms with Gasteiger partial charge in [0.05, 0.1) is 11.7 Å². The minimum Gasteiger partial charge on any atom is -0.461 e. The van der Waals surface area contributed by atoms with Crippen LogP contribution < -0.4 is 0 Å². The average Bonchev–Trinajstić information content (AvgIpc) is 2.85. The topological polar surface area (TPSA) is 99.1 Å². The van der Waals surface area contributed by atoms with Crippen molar-refractivity contribution >= 4 is 17.9 Å². The Balaban J connectivity index is 2.00. The van der Waals surface area contributed by atoms with Gasteiger partial charge in [-0.1, -0.05) is 6.92 Å². The van der Waals surface area contributed by atoms with Crippen molar-refractivity contribution < 1.29 is 33.7 Å². The highest BCUT2D eigenvalue weighted by Crippen LogP contribution is 2.56. The Morgan fingerprint density at radius 2 is 2.00 bits per heavy atom. The van der Waals surface area contributed by atoms with Crippen molar-refractivity contribution in [1.29, 1.82) is 0 Å². The molecule has 0 amide bonds. The van der Waals surface area contributed by atoms with E-state index in [-0.39, 0.29) is 18.9 Å². The van der Waals surface area contributed by atoms with Crippen LogP contribution in [0.3, 0.4) is 0 Å². The standard InChI is InChI=1S/C19H24O7/c1-9-14(25-11(3)21)7-15(22)19(4)6-5-12-13(8-24-10(2)20)18(23)26-17(12)16(9)19/h15-17,22H,5-8H2,1-4H3/t15-,16-,17+,19+/m1/s1. The van der Waals surface area contributed by atoms with Crippen molar-refractivity contribution in [2.45, 2.75) is 59.2 Å². The maximum absolute atomic E-state index is 12.3. The lowest BCUT2D eigenvalue weighted by molar-refractivity contribution is -0.150. The summed E-state index contributed by atoms with van der Waals surface area (Å²) in [6.07, 6.45) is 0.275. The summed E-state index contributed by atoms with van der Waals surface area (Å²) in [4.78, 5) is 34.8. The number of aliphatic hydroxyl groups is 1. The van der Waals surface area contributed by atoms with E-state index in [1.807, 2.05) is 13.8 Å². The Morgan fingerprint density at radius 3 is 2.62 bits per heavy atom. The second-order valence-electron chi connectivity index (χ2n) is 7.51. The maximum atomic E-state index is 12.3. The van der Waals surface area contributed by atoms with Crippen molar-refractivity contribution in [3.8, 4) is 0 Å². The summed E-state index contributed by atoms with van der Waals surface area (Å²) in [6.45, 7) is 6.33. The van der Waals surface area contributed by atoms with E-state index in [0.29, 0.717) is 24.2 Å². The highest BCUT2D eigenvalue weighted by atomic mass is 16.6. The summed E-state index contributed by atoms with van der Waals surface area (Å²) >= 11 is 0. The van der Waals surface area contributed by atoms with Crippen molar-refractivity contribution in [2.24, 2.45) is 11.3 Å². The van der Waals surface area contributed by atoms with Crippen LogP contribution in [0.5, 0.6) is 0 Å². The van der Waals surface area contributed by atoms with E-state index >= 15 is 0 Å². The fourth-order valence-electron chi connectivity index (χ4n) is 4.49. The van der Waals surface area contributed by atoms with E-state index in [0.717, 1.165) is 11.1 Å². The molecule has 0 aromatic rings. The Morgan fingerprint density at radius 1 is 1.31 bits per heavy atom. The molecule has 142 valence electrons. The molecule has 0 unspecified atom stereocenters. The van der Waals surface area contributed by atoms with Crippen molar-refractivity contribution in [3.63, 3.8) is 0 Å². The number of carbonyl (C=O) groups excluding carboxylic acids is 3. The van der Waals surface area contributed by atoms with Gasteiger partial charge >= 0.3 is 17.9 Å². The van der Waals surface area contributed by atoms with Crippen molar-refractivity contribution in [3.05, 3.63) is 22.5 Å². The minimum absolute atomic E-state index is 0.106. The lowest BCUT2D eigenvalue weighted by atomic mass is 9.56. The zero-order chi connectivity index (χ0) is 19.2. The Labute approximate surface area is 152 Å². The molecule has 0 spiro atoms. The first kappa shape index (κ1) is 18.6. The maximum Gasteiger partial charge on any atom is 0.338 e. The van der Waals surface area contributed by atoms with Crippen LogP contribution in [-0.2, 0) is 28.6 Å². The van der Waals surface area contributed by atoms with E-state index in [1.165, 1.54) is 13.8 Å². The number of hydrogen-bond acceptors (Lipinski definition) is 7. The molecular formula is C19H24O7. The fraction of sp³-hybridized carbons (Fsp3) is 0.632. The quantitative estimate of drug-likeness (QED) is 0.602. The first-order valence-electron chi connectivity index (χ1n) is 8.77. The number of rotatable bonds is 3. The average molecular weight is 364 g/mol. The van der Waals surface area contributed by atoms with Crippen molar-refractivity contribution in [2.75, 3.05) is 6.61 Å². The van der Waals surface area contributed by atoms with Gasteiger partial charge in [0.25, 0.3) is 0 Å². The second-order valence-corrected chi connectivity index (χ2v) is 7.51. The molecule has 1 saturated carbocycles. The highest BCUT2D eigenvalue weighted by Gasteiger charge is 2.56. The summed E-state index contributed by atoms with van der Waals surface area (Å²) < 4.78 is 15.9. The third kappa shape index (κ3) is 2.94. The van der Waals surface area contributed by atoms with Crippen molar-refractivity contribution in [1.82, 2.24) is 0 Å². The van der Waals surface area contributed by atoms with Gasteiger partial charge in [-0.15, -0.1) is 0 Å². The Kier molecular flexibility index (Phi) is 4.69. The highest BCUT2D eigenvalue weighted by molar-refractivity contribution is 5.93. The number of aliphatic hydroxyl groups excluding tert-OH is 1. The molecule has 3 aliphatic rings. The van der Waals surface area contributed by atoms with Crippen LogP contribution in [0.25, 0.3) is 0 Å². The zero-order valence-corrected chi connectivity index (χ0v) is 15.5. The Hall–Kier alpha value is -2.15. The predicted octanol–water partition coefficient (Wildman–Crippen LogP) is 1.79. The van der Waals surface area contributed by atoms with E-state index < -0.39 is 35.5 Å². The van der Waals surface area contributed by atoms with E-state index in [1.54, 1.807) is 0 Å². The molecule has 0 saturated heterocycles. The molecule has 7 heteroatoms. The number of ether oxygens (including phenoxy) is 3.